The van der Waals surface area contributed by atoms with Crippen LogP contribution in [-0.4, -0.2) is 39.0 Å². The van der Waals surface area contributed by atoms with Crippen LogP contribution in [0.3, 0.4) is 0 Å². The zero-order valence-electron chi connectivity index (χ0n) is 18.3. The number of phenolic OH excluding ortho intramolecular Hbond substituents is 1. The Kier molecular flexibility index (Phi) is 6.12. The fourth-order valence-electron chi connectivity index (χ4n) is 4.29. The van der Waals surface area contributed by atoms with Gasteiger partial charge in [-0.3, -0.25) is 14.5 Å². The smallest absolute Gasteiger partial charge is 0.260 e. The lowest BCUT2D eigenvalue weighted by Gasteiger charge is -2.30. The van der Waals surface area contributed by atoms with Gasteiger partial charge in [0.15, 0.2) is 0 Å². The summed E-state index contributed by atoms with van der Waals surface area (Å²) in [6.45, 7) is 1.89. The van der Waals surface area contributed by atoms with Crippen LogP contribution in [0.1, 0.15) is 18.7 Å². The molecule has 1 aliphatic heterocycles. The van der Waals surface area contributed by atoms with Gasteiger partial charge in [-0.25, -0.2) is 9.37 Å². The zero-order chi connectivity index (χ0) is 23.7. The quantitative estimate of drug-likeness (QED) is 0.371. The number of hydrogen-bond acceptors (Lipinski definition) is 6. The molecule has 34 heavy (non-hydrogen) atoms. The number of likely N-dealkylation sites (tertiary alicyclic amines) is 1. The first kappa shape index (κ1) is 22.2. The Bertz CT molecular complexity index is 1390. The maximum Gasteiger partial charge on any atom is 0.260 e. The number of halogens is 1. The average molecular weight is 479 g/mol. The van der Waals surface area contributed by atoms with E-state index in [9.17, 15) is 19.1 Å². The van der Waals surface area contributed by atoms with Crippen molar-refractivity contribution >= 4 is 33.1 Å². The highest BCUT2D eigenvalue weighted by Gasteiger charge is 2.26. The summed E-state index contributed by atoms with van der Waals surface area (Å²) >= 11 is 1.39. The summed E-state index contributed by atoms with van der Waals surface area (Å²) in [7, 11) is 0. The second-order valence-corrected chi connectivity index (χ2v) is 9.26. The SMILES string of the molecule is O=C(Nc1ccccc1O)C1CCN(Cc2nc3scc(-c4ccc(F)cc4)c3c(=O)[nH]2)CC1. The molecule has 1 aliphatic rings. The van der Waals surface area contributed by atoms with Gasteiger partial charge in [-0.2, -0.15) is 0 Å². The summed E-state index contributed by atoms with van der Waals surface area (Å²) in [4.78, 5) is 35.8. The van der Waals surface area contributed by atoms with Crippen LogP contribution in [0.4, 0.5) is 10.1 Å². The molecule has 174 valence electrons. The van der Waals surface area contributed by atoms with E-state index in [1.807, 2.05) is 5.38 Å². The first-order valence-electron chi connectivity index (χ1n) is 11.1. The van der Waals surface area contributed by atoms with Crippen LogP contribution in [0.25, 0.3) is 21.3 Å². The van der Waals surface area contributed by atoms with Crippen molar-refractivity contribution in [2.45, 2.75) is 19.4 Å². The minimum Gasteiger partial charge on any atom is -0.506 e. The molecular weight excluding hydrogens is 455 g/mol. The van der Waals surface area contributed by atoms with Crippen LogP contribution in [0.15, 0.2) is 58.7 Å². The third-order valence-corrected chi connectivity index (χ3v) is 7.01. The third kappa shape index (κ3) is 4.57. The largest absolute Gasteiger partial charge is 0.506 e. The molecule has 1 amide bonds. The molecule has 2 aromatic heterocycles. The lowest BCUT2D eigenvalue weighted by Crippen LogP contribution is -2.38. The fourth-order valence-corrected chi connectivity index (χ4v) is 5.26. The number of benzene rings is 2. The van der Waals surface area contributed by atoms with Crippen molar-refractivity contribution in [2.24, 2.45) is 5.92 Å². The predicted octanol–water partition coefficient (Wildman–Crippen LogP) is 4.35. The summed E-state index contributed by atoms with van der Waals surface area (Å²) in [5.41, 5.74) is 1.73. The summed E-state index contributed by atoms with van der Waals surface area (Å²) in [6.07, 6.45) is 1.36. The van der Waals surface area contributed by atoms with E-state index in [-0.39, 0.29) is 29.0 Å². The number of piperidine rings is 1. The van der Waals surface area contributed by atoms with Crippen molar-refractivity contribution in [3.8, 4) is 16.9 Å². The Hall–Kier alpha value is -3.56. The van der Waals surface area contributed by atoms with E-state index in [1.54, 1.807) is 36.4 Å². The molecule has 0 radical (unpaired) electrons. The number of H-pyrrole nitrogens is 1. The molecule has 4 aromatic rings. The van der Waals surface area contributed by atoms with Crippen molar-refractivity contribution in [1.82, 2.24) is 14.9 Å². The molecule has 3 N–H and O–H groups in total. The van der Waals surface area contributed by atoms with E-state index in [0.717, 1.165) is 11.1 Å². The molecule has 7 nitrogen and oxygen atoms in total. The minimum absolute atomic E-state index is 0.0508. The molecule has 0 atom stereocenters. The molecule has 9 heteroatoms. The van der Waals surface area contributed by atoms with Crippen LogP contribution in [0.2, 0.25) is 0 Å². The Labute approximate surface area is 198 Å². The molecule has 3 heterocycles. The number of thiophene rings is 1. The number of carbonyl (C=O) groups is 1. The Morgan fingerprint density at radius 3 is 2.65 bits per heavy atom. The van der Waals surface area contributed by atoms with E-state index in [4.69, 9.17) is 0 Å². The number of anilines is 1. The first-order chi connectivity index (χ1) is 16.5. The topological polar surface area (TPSA) is 98.3 Å². The van der Waals surface area contributed by atoms with Crippen molar-refractivity contribution in [3.63, 3.8) is 0 Å². The van der Waals surface area contributed by atoms with Crippen molar-refractivity contribution < 1.29 is 14.3 Å². The van der Waals surface area contributed by atoms with Gasteiger partial charge < -0.3 is 15.4 Å². The molecular formula is C25H23FN4O3S. The summed E-state index contributed by atoms with van der Waals surface area (Å²) < 4.78 is 13.3. The zero-order valence-corrected chi connectivity index (χ0v) is 19.1. The Morgan fingerprint density at radius 1 is 1.18 bits per heavy atom. The van der Waals surface area contributed by atoms with E-state index in [2.05, 4.69) is 20.2 Å². The van der Waals surface area contributed by atoms with Gasteiger partial charge in [-0.1, -0.05) is 24.3 Å². The first-order valence-corrected chi connectivity index (χ1v) is 11.9. The maximum absolute atomic E-state index is 13.3. The predicted molar refractivity (Wildman–Crippen MR) is 130 cm³/mol. The number of amides is 1. The Morgan fingerprint density at radius 2 is 1.91 bits per heavy atom. The summed E-state index contributed by atoms with van der Waals surface area (Å²) in [5.74, 6) is 0.0796. The molecule has 0 spiro atoms. The van der Waals surface area contributed by atoms with Gasteiger partial charge in [-0.15, -0.1) is 11.3 Å². The number of rotatable bonds is 5. The van der Waals surface area contributed by atoms with Gasteiger partial charge in [-0.05, 0) is 55.8 Å². The van der Waals surface area contributed by atoms with Crippen molar-refractivity contribution in [3.05, 3.63) is 75.9 Å². The number of para-hydroxylation sites is 2. The van der Waals surface area contributed by atoms with Crippen molar-refractivity contribution in [1.29, 1.82) is 0 Å². The molecule has 0 saturated carbocycles. The fraction of sp³-hybridized carbons (Fsp3) is 0.240. The van der Waals surface area contributed by atoms with Crippen LogP contribution in [-0.2, 0) is 11.3 Å². The number of aromatic hydroxyl groups is 1. The van der Waals surface area contributed by atoms with Crippen LogP contribution >= 0.6 is 11.3 Å². The van der Waals surface area contributed by atoms with E-state index >= 15 is 0 Å². The van der Waals surface area contributed by atoms with Crippen molar-refractivity contribution in [2.75, 3.05) is 18.4 Å². The van der Waals surface area contributed by atoms with Crippen LogP contribution < -0.4 is 10.9 Å². The van der Waals surface area contributed by atoms with Gasteiger partial charge in [0, 0.05) is 16.9 Å². The van der Waals surface area contributed by atoms with Crippen LogP contribution in [0.5, 0.6) is 5.75 Å². The number of nitrogens with zero attached hydrogens (tertiary/aromatic N) is 2. The second kappa shape index (κ2) is 9.36. The monoisotopic (exact) mass is 478 g/mol. The molecule has 0 bridgehead atoms. The molecule has 1 saturated heterocycles. The number of aromatic nitrogens is 2. The highest BCUT2D eigenvalue weighted by molar-refractivity contribution is 7.17. The standard InChI is InChI=1S/C25H23FN4O3S/c26-17-7-5-15(6-8-17)18-14-34-25-22(18)24(33)28-21(29-25)13-30-11-9-16(10-12-30)23(32)27-19-3-1-2-4-20(19)31/h1-8,14,16,31H,9-13H2,(H,27,32)(H,28,29,33). The minimum atomic E-state index is -0.322. The lowest BCUT2D eigenvalue weighted by molar-refractivity contribution is -0.121. The van der Waals surface area contributed by atoms with E-state index in [1.165, 1.54) is 23.5 Å². The maximum atomic E-state index is 13.3. The summed E-state index contributed by atoms with van der Waals surface area (Å²) in [5, 5.41) is 15.1. The second-order valence-electron chi connectivity index (χ2n) is 8.41. The number of fused-ring (bicyclic) bond motifs is 1. The molecule has 5 rings (SSSR count). The van der Waals surface area contributed by atoms with Crippen LogP contribution in [0, 0.1) is 11.7 Å². The van der Waals surface area contributed by atoms with Gasteiger partial charge in [0.1, 0.15) is 22.2 Å². The van der Waals surface area contributed by atoms with E-state index < -0.39 is 0 Å². The number of hydrogen-bond donors (Lipinski definition) is 3. The van der Waals surface area contributed by atoms with Gasteiger partial charge >= 0.3 is 0 Å². The average Bonchev–Trinajstić information content (AvgIpc) is 3.26. The molecule has 0 unspecified atom stereocenters. The van der Waals surface area contributed by atoms with Gasteiger partial charge in [0.2, 0.25) is 5.91 Å². The number of carbonyl (C=O) groups excluding carboxylic acids is 1. The number of nitrogens with one attached hydrogen (secondary N) is 2. The number of phenols is 1. The number of aromatic amines is 1. The van der Waals surface area contributed by atoms with E-state index in [0.29, 0.717) is 54.2 Å². The summed E-state index contributed by atoms with van der Waals surface area (Å²) in [6, 6.07) is 12.7. The third-order valence-electron chi connectivity index (χ3n) is 6.14. The highest BCUT2D eigenvalue weighted by atomic mass is 32.1. The molecule has 0 aliphatic carbocycles. The Balaban J connectivity index is 1.24. The molecule has 2 aromatic carbocycles. The lowest BCUT2D eigenvalue weighted by atomic mass is 9.95. The normalized spacial score (nSPS) is 15.0. The highest BCUT2D eigenvalue weighted by Crippen LogP contribution is 2.31. The van der Waals surface area contributed by atoms with Gasteiger partial charge in [0.05, 0.1) is 17.6 Å². The molecule has 1 fully saturated rings. The van der Waals surface area contributed by atoms with Gasteiger partial charge in [0.25, 0.3) is 5.56 Å².